The quantitative estimate of drug-likeness (QED) is 0.479. The van der Waals surface area contributed by atoms with Crippen LogP contribution in [0, 0.1) is 5.92 Å². The summed E-state index contributed by atoms with van der Waals surface area (Å²) in [6.07, 6.45) is 0.491. The Hall–Kier alpha value is -0.360. The molecule has 2 heterocycles. The van der Waals surface area contributed by atoms with E-state index in [2.05, 4.69) is 16.0 Å². The Balaban J connectivity index is 0.00000112. The summed E-state index contributed by atoms with van der Waals surface area (Å²) in [6.45, 7) is 2.87. The molecule has 2 rings (SSSR count). The van der Waals surface area contributed by atoms with Crippen molar-refractivity contribution in [2.75, 3.05) is 26.2 Å². The molecule has 0 unspecified atom stereocenters. The molecule has 2 fully saturated rings. The second kappa shape index (κ2) is 5.65. The van der Waals surface area contributed by atoms with Crippen molar-refractivity contribution in [1.29, 1.82) is 0 Å². The topological polar surface area (TPSA) is 73.4 Å². The molecule has 0 aromatic heterocycles. The summed E-state index contributed by atoms with van der Waals surface area (Å²) in [7, 11) is 0. The van der Waals surface area contributed by atoms with E-state index < -0.39 is 0 Å². The van der Waals surface area contributed by atoms with Gasteiger partial charge in [-0.1, -0.05) is 0 Å². The van der Waals surface area contributed by atoms with Gasteiger partial charge in [-0.15, -0.1) is 12.4 Å². The third kappa shape index (κ3) is 3.31. The average Bonchev–Trinajstić information content (AvgIpc) is 2.45. The zero-order chi connectivity index (χ0) is 9.97. The summed E-state index contributed by atoms with van der Waals surface area (Å²) in [5.74, 6) is 0.285. The smallest absolute Gasteiger partial charge is 0.225 e. The number of β-amino-alcohol motifs (C(OH)–C–C–N with tert-alkyl or cyclic N) is 1. The first-order chi connectivity index (χ1) is 6.75. The first kappa shape index (κ1) is 12.7. The van der Waals surface area contributed by atoms with Gasteiger partial charge in [0, 0.05) is 32.2 Å². The van der Waals surface area contributed by atoms with E-state index in [1.807, 2.05) is 0 Å². The molecular formula is C9H18ClN3O2. The summed E-state index contributed by atoms with van der Waals surface area (Å²) >= 11 is 0. The summed E-state index contributed by atoms with van der Waals surface area (Å²) in [5.41, 5.74) is 0. The second-order valence-corrected chi connectivity index (χ2v) is 4.10. The van der Waals surface area contributed by atoms with Crippen molar-refractivity contribution in [2.24, 2.45) is 5.92 Å². The van der Waals surface area contributed by atoms with Crippen molar-refractivity contribution in [3.63, 3.8) is 0 Å². The standard InChI is InChI=1S/C9H17N3O2.ClH/c13-8-1-7(11-5-8)4-12-9(14)6-2-10-3-6;/h6-8,10-11,13H,1-5H2,(H,12,14);1H/t7-,8+;/m0./s1. The van der Waals surface area contributed by atoms with Crippen molar-refractivity contribution in [3.05, 3.63) is 0 Å². The summed E-state index contributed by atoms with van der Waals surface area (Å²) in [4.78, 5) is 11.4. The number of carbonyl (C=O) groups is 1. The Morgan fingerprint density at radius 3 is 2.60 bits per heavy atom. The van der Waals surface area contributed by atoms with Crippen molar-refractivity contribution in [1.82, 2.24) is 16.0 Å². The number of aliphatic hydroxyl groups excluding tert-OH is 1. The van der Waals surface area contributed by atoms with Crippen molar-refractivity contribution in [2.45, 2.75) is 18.6 Å². The zero-order valence-electron chi connectivity index (χ0n) is 8.53. The molecule has 0 radical (unpaired) electrons. The van der Waals surface area contributed by atoms with Crippen LogP contribution in [0.1, 0.15) is 6.42 Å². The van der Waals surface area contributed by atoms with Crippen molar-refractivity contribution < 1.29 is 9.90 Å². The highest BCUT2D eigenvalue weighted by atomic mass is 35.5. The summed E-state index contributed by atoms with van der Waals surface area (Å²) in [6, 6.07) is 0.238. The minimum absolute atomic E-state index is 0. The van der Waals surface area contributed by atoms with Crippen LogP contribution in [0.4, 0.5) is 0 Å². The molecule has 1 amide bonds. The first-order valence-electron chi connectivity index (χ1n) is 5.15. The maximum Gasteiger partial charge on any atom is 0.225 e. The van der Waals surface area contributed by atoms with Crippen molar-refractivity contribution >= 4 is 18.3 Å². The van der Waals surface area contributed by atoms with Crippen LogP contribution in [-0.2, 0) is 4.79 Å². The Kier molecular flexibility index (Phi) is 4.79. The third-order valence-electron chi connectivity index (χ3n) is 2.87. The van der Waals surface area contributed by atoms with Crippen LogP contribution in [0.15, 0.2) is 0 Å². The first-order valence-corrected chi connectivity index (χ1v) is 5.15. The lowest BCUT2D eigenvalue weighted by Gasteiger charge is -2.26. The van der Waals surface area contributed by atoms with Gasteiger partial charge in [-0.05, 0) is 6.42 Å². The third-order valence-corrected chi connectivity index (χ3v) is 2.87. The van der Waals surface area contributed by atoms with Gasteiger partial charge < -0.3 is 21.1 Å². The number of halogens is 1. The number of aliphatic hydroxyl groups is 1. The SMILES string of the molecule is Cl.O=C(NC[C@@H]1C[C@@H](O)CN1)C1CNC1. The molecular weight excluding hydrogens is 218 g/mol. The largest absolute Gasteiger partial charge is 0.392 e. The number of rotatable bonds is 3. The lowest BCUT2D eigenvalue weighted by molar-refractivity contribution is -0.126. The summed E-state index contributed by atoms with van der Waals surface area (Å²) in [5, 5.41) is 18.4. The fourth-order valence-electron chi connectivity index (χ4n) is 1.80. The molecule has 0 saturated carbocycles. The number of carbonyl (C=O) groups excluding carboxylic acids is 1. The van der Waals surface area contributed by atoms with Gasteiger partial charge in [0.25, 0.3) is 0 Å². The summed E-state index contributed by atoms with van der Waals surface area (Å²) < 4.78 is 0. The van der Waals surface area contributed by atoms with Crippen LogP contribution in [0.3, 0.4) is 0 Å². The number of hydrogen-bond acceptors (Lipinski definition) is 4. The monoisotopic (exact) mass is 235 g/mol. The van der Waals surface area contributed by atoms with Gasteiger partial charge in [0.15, 0.2) is 0 Å². The Morgan fingerprint density at radius 1 is 1.40 bits per heavy atom. The zero-order valence-corrected chi connectivity index (χ0v) is 9.35. The minimum Gasteiger partial charge on any atom is -0.392 e. The molecule has 2 aliphatic heterocycles. The van der Waals surface area contributed by atoms with Gasteiger partial charge in [0.1, 0.15) is 0 Å². The van der Waals surface area contributed by atoms with Gasteiger partial charge >= 0.3 is 0 Å². The van der Waals surface area contributed by atoms with E-state index in [0.717, 1.165) is 19.5 Å². The molecule has 2 atom stereocenters. The fraction of sp³-hybridized carbons (Fsp3) is 0.889. The molecule has 0 aromatic rings. The molecule has 2 aliphatic rings. The molecule has 0 bridgehead atoms. The van der Waals surface area contributed by atoms with Gasteiger partial charge in [-0.2, -0.15) is 0 Å². The fourth-order valence-corrected chi connectivity index (χ4v) is 1.80. The normalized spacial score (nSPS) is 30.5. The number of hydrogen-bond donors (Lipinski definition) is 4. The lowest BCUT2D eigenvalue weighted by Crippen LogP contribution is -2.52. The molecule has 5 nitrogen and oxygen atoms in total. The molecule has 6 heteroatoms. The molecule has 15 heavy (non-hydrogen) atoms. The van der Waals surface area contributed by atoms with Crippen LogP contribution in [0.2, 0.25) is 0 Å². The highest BCUT2D eigenvalue weighted by Gasteiger charge is 2.27. The Morgan fingerprint density at radius 2 is 2.13 bits per heavy atom. The Labute approximate surface area is 95.4 Å². The van der Waals surface area contributed by atoms with Crippen molar-refractivity contribution in [3.8, 4) is 0 Å². The molecule has 0 aliphatic carbocycles. The van der Waals surface area contributed by atoms with E-state index >= 15 is 0 Å². The lowest BCUT2D eigenvalue weighted by atomic mass is 10.0. The Bertz CT molecular complexity index is 223. The predicted molar refractivity (Wildman–Crippen MR) is 59.0 cm³/mol. The van der Waals surface area contributed by atoms with E-state index in [1.54, 1.807) is 0 Å². The second-order valence-electron chi connectivity index (χ2n) is 4.10. The van der Waals surface area contributed by atoms with Gasteiger partial charge in [-0.3, -0.25) is 4.79 Å². The van der Waals surface area contributed by atoms with E-state index in [1.165, 1.54) is 0 Å². The van der Waals surface area contributed by atoms with Crippen LogP contribution < -0.4 is 16.0 Å². The van der Waals surface area contributed by atoms with Gasteiger partial charge in [0.2, 0.25) is 5.91 Å². The highest BCUT2D eigenvalue weighted by molar-refractivity contribution is 5.85. The number of nitrogens with one attached hydrogen (secondary N) is 3. The van der Waals surface area contributed by atoms with E-state index in [4.69, 9.17) is 0 Å². The van der Waals surface area contributed by atoms with Gasteiger partial charge in [-0.25, -0.2) is 0 Å². The van der Waals surface area contributed by atoms with Crippen LogP contribution in [0.5, 0.6) is 0 Å². The molecule has 0 spiro atoms. The molecule has 88 valence electrons. The average molecular weight is 236 g/mol. The van der Waals surface area contributed by atoms with E-state index in [0.29, 0.717) is 13.1 Å². The predicted octanol–water partition coefficient (Wildman–Crippen LogP) is -1.53. The molecule has 4 N–H and O–H groups in total. The molecule has 2 saturated heterocycles. The molecule has 0 aromatic carbocycles. The van der Waals surface area contributed by atoms with E-state index in [-0.39, 0.29) is 36.4 Å². The maximum atomic E-state index is 11.4. The van der Waals surface area contributed by atoms with Crippen LogP contribution in [-0.4, -0.2) is 49.3 Å². The number of amides is 1. The highest BCUT2D eigenvalue weighted by Crippen LogP contribution is 2.06. The van der Waals surface area contributed by atoms with Crippen LogP contribution in [0.25, 0.3) is 0 Å². The van der Waals surface area contributed by atoms with Gasteiger partial charge in [0.05, 0.1) is 12.0 Å². The maximum absolute atomic E-state index is 11.4. The van der Waals surface area contributed by atoms with E-state index in [9.17, 15) is 9.90 Å². The van der Waals surface area contributed by atoms with Crippen LogP contribution >= 0.6 is 12.4 Å². The minimum atomic E-state index is -0.248.